The fourth-order valence-electron chi connectivity index (χ4n) is 3.84. The molecule has 3 aromatic rings. The average molecular weight is 414 g/mol. The molecule has 1 saturated heterocycles. The lowest BCUT2D eigenvalue weighted by Gasteiger charge is -2.32. The molecule has 1 aromatic carbocycles. The maximum atomic E-state index is 13.1. The number of rotatable bonds is 3. The highest BCUT2D eigenvalue weighted by Crippen LogP contribution is 2.33. The topological polar surface area (TPSA) is 51.0 Å². The molecule has 8 heteroatoms. The Morgan fingerprint density at radius 2 is 1.93 bits per heavy atom. The zero-order valence-corrected chi connectivity index (χ0v) is 16.4. The summed E-state index contributed by atoms with van der Waals surface area (Å²) >= 11 is 0. The van der Waals surface area contributed by atoms with Crippen LogP contribution in [0, 0.1) is 0 Å². The first-order valence-electron chi connectivity index (χ1n) is 9.75. The van der Waals surface area contributed by atoms with E-state index in [1.165, 1.54) is 6.07 Å². The Hall–Kier alpha value is -3.16. The van der Waals surface area contributed by atoms with Crippen molar-refractivity contribution in [1.82, 2.24) is 19.7 Å². The maximum Gasteiger partial charge on any atom is 0.416 e. The van der Waals surface area contributed by atoms with Crippen LogP contribution in [0.2, 0.25) is 0 Å². The van der Waals surface area contributed by atoms with Crippen LogP contribution in [-0.4, -0.2) is 38.7 Å². The van der Waals surface area contributed by atoms with E-state index in [-0.39, 0.29) is 11.8 Å². The number of piperidine rings is 1. The molecule has 2 aromatic heterocycles. The minimum atomic E-state index is -4.40. The van der Waals surface area contributed by atoms with E-state index in [0.29, 0.717) is 30.0 Å². The zero-order valence-electron chi connectivity index (χ0n) is 16.4. The number of hydrogen-bond acceptors (Lipinski definition) is 3. The standard InChI is InChI=1S/C22H21F3N4O/c1-28-20(10-11-26-28)21(30)29-12-4-6-16(14-29)19-9-3-8-18(27-19)15-5-2-7-17(13-15)22(23,24)25/h2-3,5,7-11,13,16H,4,6,12,14H2,1H3/t16-/m0/s1. The number of alkyl halides is 3. The molecule has 4 rings (SSSR count). The van der Waals surface area contributed by atoms with Crippen molar-refractivity contribution in [3.63, 3.8) is 0 Å². The Balaban J connectivity index is 1.57. The van der Waals surface area contributed by atoms with Crippen molar-refractivity contribution >= 4 is 5.91 Å². The minimum Gasteiger partial charge on any atom is -0.337 e. The number of carbonyl (C=O) groups is 1. The third kappa shape index (κ3) is 4.08. The van der Waals surface area contributed by atoms with E-state index < -0.39 is 11.7 Å². The Morgan fingerprint density at radius 3 is 2.67 bits per heavy atom. The van der Waals surface area contributed by atoms with Crippen LogP contribution < -0.4 is 0 Å². The van der Waals surface area contributed by atoms with Gasteiger partial charge in [-0.2, -0.15) is 18.3 Å². The number of benzene rings is 1. The van der Waals surface area contributed by atoms with Crippen molar-refractivity contribution in [2.24, 2.45) is 7.05 Å². The van der Waals surface area contributed by atoms with E-state index >= 15 is 0 Å². The van der Waals surface area contributed by atoms with Crippen LogP contribution in [-0.2, 0) is 13.2 Å². The van der Waals surface area contributed by atoms with Gasteiger partial charge in [0.2, 0.25) is 0 Å². The molecular weight excluding hydrogens is 393 g/mol. The van der Waals surface area contributed by atoms with Crippen molar-refractivity contribution in [3.05, 3.63) is 71.7 Å². The van der Waals surface area contributed by atoms with Gasteiger partial charge in [0.05, 0.1) is 11.3 Å². The molecule has 30 heavy (non-hydrogen) atoms. The lowest BCUT2D eigenvalue weighted by Crippen LogP contribution is -2.40. The second-order valence-corrected chi connectivity index (χ2v) is 7.46. The number of amides is 1. The molecular formula is C22H21F3N4O. The number of nitrogens with zero attached hydrogens (tertiary/aromatic N) is 4. The normalized spacial score (nSPS) is 17.2. The second kappa shape index (κ2) is 7.93. The number of aromatic nitrogens is 3. The van der Waals surface area contributed by atoms with Gasteiger partial charge in [-0.3, -0.25) is 14.5 Å². The van der Waals surface area contributed by atoms with Gasteiger partial charge in [-0.25, -0.2) is 0 Å². The van der Waals surface area contributed by atoms with E-state index in [1.54, 1.807) is 47.1 Å². The van der Waals surface area contributed by atoms with Crippen LogP contribution in [0.3, 0.4) is 0 Å². The number of aryl methyl sites for hydroxylation is 1. The lowest BCUT2D eigenvalue weighted by atomic mass is 9.93. The molecule has 0 bridgehead atoms. The maximum absolute atomic E-state index is 13.1. The van der Waals surface area contributed by atoms with Gasteiger partial charge in [-0.05, 0) is 43.2 Å². The lowest BCUT2D eigenvalue weighted by molar-refractivity contribution is -0.137. The van der Waals surface area contributed by atoms with Gasteiger partial charge in [-0.15, -0.1) is 0 Å². The van der Waals surface area contributed by atoms with Crippen LogP contribution in [0.25, 0.3) is 11.3 Å². The molecule has 1 atom stereocenters. The van der Waals surface area contributed by atoms with Gasteiger partial charge in [0.1, 0.15) is 5.69 Å². The Kier molecular flexibility index (Phi) is 5.32. The first-order chi connectivity index (χ1) is 14.3. The predicted molar refractivity (Wildman–Crippen MR) is 106 cm³/mol. The summed E-state index contributed by atoms with van der Waals surface area (Å²) in [5.41, 5.74) is 1.53. The SMILES string of the molecule is Cn1nccc1C(=O)N1CCC[C@H](c2cccc(-c3cccc(C(F)(F)F)c3)n2)C1. The molecule has 1 aliphatic heterocycles. The van der Waals surface area contributed by atoms with Crippen LogP contribution in [0.15, 0.2) is 54.7 Å². The second-order valence-electron chi connectivity index (χ2n) is 7.46. The van der Waals surface area contributed by atoms with Crippen molar-refractivity contribution in [2.75, 3.05) is 13.1 Å². The zero-order chi connectivity index (χ0) is 21.3. The molecule has 1 amide bonds. The Bertz CT molecular complexity index is 1060. The molecule has 156 valence electrons. The van der Waals surface area contributed by atoms with Crippen molar-refractivity contribution < 1.29 is 18.0 Å². The smallest absolute Gasteiger partial charge is 0.337 e. The summed E-state index contributed by atoms with van der Waals surface area (Å²) in [4.78, 5) is 19.3. The first kappa shape index (κ1) is 20.1. The van der Waals surface area contributed by atoms with E-state index in [1.807, 2.05) is 6.07 Å². The van der Waals surface area contributed by atoms with Gasteiger partial charge in [-0.1, -0.05) is 18.2 Å². The molecule has 0 spiro atoms. The van der Waals surface area contributed by atoms with E-state index in [4.69, 9.17) is 0 Å². The van der Waals surface area contributed by atoms with E-state index in [0.717, 1.165) is 30.7 Å². The molecule has 0 unspecified atom stereocenters. The third-order valence-corrected chi connectivity index (χ3v) is 5.42. The fourth-order valence-corrected chi connectivity index (χ4v) is 3.84. The summed E-state index contributed by atoms with van der Waals surface area (Å²) in [6.45, 7) is 1.18. The number of likely N-dealkylation sites (tertiary alicyclic amines) is 1. The number of hydrogen-bond donors (Lipinski definition) is 0. The van der Waals surface area contributed by atoms with Crippen LogP contribution in [0.5, 0.6) is 0 Å². The fraction of sp³-hybridized carbons (Fsp3) is 0.318. The molecule has 0 saturated carbocycles. The van der Waals surface area contributed by atoms with Crippen molar-refractivity contribution in [2.45, 2.75) is 24.9 Å². The highest BCUT2D eigenvalue weighted by atomic mass is 19.4. The summed E-state index contributed by atoms with van der Waals surface area (Å²) in [6, 6.07) is 12.3. The quantitative estimate of drug-likeness (QED) is 0.633. The number of pyridine rings is 1. The molecule has 5 nitrogen and oxygen atoms in total. The summed E-state index contributed by atoms with van der Waals surface area (Å²) in [5.74, 6) is -0.0459. The number of halogens is 3. The summed E-state index contributed by atoms with van der Waals surface area (Å²) in [5, 5.41) is 4.06. The van der Waals surface area contributed by atoms with E-state index in [9.17, 15) is 18.0 Å². The predicted octanol–water partition coefficient (Wildman–Crippen LogP) is 4.52. The Labute approximate surface area is 172 Å². The number of carbonyl (C=O) groups excluding carboxylic acids is 1. The largest absolute Gasteiger partial charge is 0.416 e. The Morgan fingerprint density at radius 1 is 1.13 bits per heavy atom. The highest BCUT2D eigenvalue weighted by Gasteiger charge is 2.31. The van der Waals surface area contributed by atoms with Gasteiger partial charge in [0.15, 0.2) is 0 Å². The summed E-state index contributed by atoms with van der Waals surface area (Å²) in [7, 11) is 1.73. The van der Waals surface area contributed by atoms with E-state index in [2.05, 4.69) is 10.1 Å². The molecule has 0 N–H and O–H groups in total. The molecule has 3 heterocycles. The van der Waals surface area contributed by atoms with Gasteiger partial charge in [0.25, 0.3) is 5.91 Å². The first-order valence-corrected chi connectivity index (χ1v) is 9.75. The molecule has 0 radical (unpaired) electrons. The third-order valence-electron chi connectivity index (χ3n) is 5.42. The molecule has 1 fully saturated rings. The molecule has 0 aliphatic carbocycles. The van der Waals surface area contributed by atoms with Gasteiger partial charge < -0.3 is 4.90 Å². The van der Waals surface area contributed by atoms with Crippen molar-refractivity contribution in [3.8, 4) is 11.3 Å². The monoisotopic (exact) mass is 414 g/mol. The summed E-state index contributed by atoms with van der Waals surface area (Å²) < 4.78 is 40.7. The van der Waals surface area contributed by atoms with Gasteiger partial charge in [0, 0.05) is 43.5 Å². The van der Waals surface area contributed by atoms with Crippen LogP contribution in [0.4, 0.5) is 13.2 Å². The van der Waals surface area contributed by atoms with Crippen LogP contribution >= 0.6 is 0 Å². The minimum absolute atomic E-state index is 0.0293. The van der Waals surface area contributed by atoms with Crippen LogP contribution in [0.1, 0.15) is 40.5 Å². The summed E-state index contributed by atoms with van der Waals surface area (Å²) in [6.07, 6.45) is -1.10. The average Bonchev–Trinajstić information content (AvgIpc) is 3.19. The van der Waals surface area contributed by atoms with Crippen molar-refractivity contribution in [1.29, 1.82) is 0 Å². The molecule has 1 aliphatic rings. The van der Waals surface area contributed by atoms with Gasteiger partial charge >= 0.3 is 6.18 Å². The highest BCUT2D eigenvalue weighted by molar-refractivity contribution is 5.92.